The largest absolute Gasteiger partial charge is 0.0760 e. The number of hydrogen-bond donors (Lipinski definition) is 0. The van der Waals surface area contributed by atoms with Gasteiger partial charge in [0.1, 0.15) is 0 Å². The zero-order valence-electron chi connectivity index (χ0n) is 35.8. The molecule has 16 rings (SSSR count). The van der Waals surface area contributed by atoms with Gasteiger partial charge in [-0.2, -0.15) is 0 Å². The molecule has 0 heterocycles. The summed E-state index contributed by atoms with van der Waals surface area (Å²) in [5, 5.41) is 2.66. The fourth-order valence-corrected chi connectivity index (χ4v) is 15.0. The van der Waals surface area contributed by atoms with Crippen molar-refractivity contribution in [3.63, 3.8) is 0 Å². The molecular formula is C65H42. The van der Waals surface area contributed by atoms with Crippen molar-refractivity contribution in [2.45, 2.75) is 6.42 Å². The second-order valence-corrected chi connectivity index (χ2v) is 19.7. The third-order valence-corrected chi connectivity index (χ3v) is 17.2. The van der Waals surface area contributed by atoms with Gasteiger partial charge < -0.3 is 0 Å². The van der Waals surface area contributed by atoms with Gasteiger partial charge in [0, 0.05) is 34.5 Å². The number of fused-ring (bicyclic) bond motifs is 10. The minimum Gasteiger partial charge on any atom is -0.0760 e. The highest BCUT2D eigenvalue weighted by atomic mass is 14.8. The molecule has 6 aromatic rings. The Hall–Kier alpha value is -7.54. The van der Waals surface area contributed by atoms with E-state index in [2.05, 4.69) is 219 Å². The average Bonchev–Trinajstić information content (AvgIpc) is 3.91. The molecule has 6 aromatic carbocycles. The van der Waals surface area contributed by atoms with Gasteiger partial charge >= 0.3 is 0 Å². The maximum atomic E-state index is 2.59. The molecule has 0 radical (unpaired) electrons. The molecule has 2 spiro atoms. The van der Waals surface area contributed by atoms with Crippen LogP contribution in [0.5, 0.6) is 0 Å². The number of hydrogen-bond acceptors (Lipinski definition) is 0. The summed E-state index contributed by atoms with van der Waals surface area (Å²) >= 11 is 0. The fraction of sp³-hybridized carbons (Fsp3) is 0.108. The zero-order valence-corrected chi connectivity index (χ0v) is 35.8. The van der Waals surface area contributed by atoms with Crippen molar-refractivity contribution in [2.75, 3.05) is 0 Å². The predicted molar refractivity (Wildman–Crippen MR) is 268 cm³/mol. The van der Waals surface area contributed by atoms with Crippen LogP contribution in [-0.4, -0.2) is 0 Å². The summed E-state index contributed by atoms with van der Waals surface area (Å²) in [5.41, 5.74) is 28.8. The summed E-state index contributed by atoms with van der Waals surface area (Å²) in [4.78, 5) is 0. The molecule has 302 valence electrons. The molecule has 10 aliphatic rings. The van der Waals surface area contributed by atoms with Gasteiger partial charge in [-0.3, -0.25) is 0 Å². The van der Waals surface area contributed by atoms with Crippen molar-refractivity contribution < 1.29 is 0 Å². The van der Waals surface area contributed by atoms with Crippen LogP contribution >= 0.6 is 0 Å². The van der Waals surface area contributed by atoms with E-state index in [4.69, 9.17) is 0 Å². The first-order chi connectivity index (χ1) is 32.3. The van der Waals surface area contributed by atoms with E-state index in [0.29, 0.717) is 0 Å². The van der Waals surface area contributed by atoms with Crippen LogP contribution in [0, 0.1) is 34.5 Å². The monoisotopic (exact) mass is 822 g/mol. The lowest BCUT2D eigenvalue weighted by Crippen LogP contribution is -2.38. The third-order valence-electron chi connectivity index (χ3n) is 17.2. The molecule has 0 N–H and O–H groups in total. The van der Waals surface area contributed by atoms with Crippen LogP contribution in [-0.2, 0) is 0 Å². The minimum atomic E-state index is -0.112. The Morgan fingerprint density at radius 3 is 1.12 bits per heavy atom. The second-order valence-electron chi connectivity index (χ2n) is 19.7. The lowest BCUT2D eigenvalue weighted by Gasteiger charge is -2.48. The van der Waals surface area contributed by atoms with Crippen molar-refractivity contribution in [1.29, 1.82) is 0 Å². The Kier molecular flexibility index (Phi) is 6.53. The molecule has 10 aliphatic carbocycles. The summed E-state index contributed by atoms with van der Waals surface area (Å²) in [5.74, 6) is 1.04. The maximum absolute atomic E-state index is 2.59. The third kappa shape index (κ3) is 4.05. The van der Waals surface area contributed by atoms with Gasteiger partial charge in [-0.25, -0.2) is 0 Å². The molecule has 0 aliphatic heterocycles. The van der Waals surface area contributed by atoms with Crippen molar-refractivity contribution in [3.05, 3.63) is 285 Å². The van der Waals surface area contributed by atoms with E-state index in [1.54, 1.807) is 11.1 Å². The van der Waals surface area contributed by atoms with Gasteiger partial charge in [-0.15, -0.1) is 0 Å². The SMILES string of the molecule is C1=CC2C(c3ccccc3)=C3C4=CC=C5C6=CC=C7c8c(c(-c9ccccc9)c9ccccc9c8-c8ccccc8)C8=CC=C(C9=CC=C(C3=C(c3ccccc3)C2C=C1)C4C59)C61CC781. The lowest BCUT2D eigenvalue weighted by molar-refractivity contribution is 0.488. The first-order valence-electron chi connectivity index (χ1n) is 23.6. The van der Waals surface area contributed by atoms with Crippen LogP contribution in [0.15, 0.2) is 263 Å². The number of benzene rings is 6. The van der Waals surface area contributed by atoms with E-state index >= 15 is 0 Å². The van der Waals surface area contributed by atoms with E-state index in [0.717, 1.165) is 6.42 Å². The first-order valence-corrected chi connectivity index (χ1v) is 23.6. The first kappa shape index (κ1) is 34.9. The molecule has 3 fully saturated rings. The smallest absolute Gasteiger partial charge is 0.0365 e. The fourth-order valence-electron chi connectivity index (χ4n) is 15.0. The Labute approximate surface area is 379 Å². The average molecular weight is 823 g/mol. The Morgan fingerprint density at radius 1 is 0.323 bits per heavy atom. The van der Waals surface area contributed by atoms with Gasteiger partial charge in [0.15, 0.2) is 0 Å². The molecule has 3 saturated carbocycles. The van der Waals surface area contributed by atoms with Crippen LogP contribution in [0.4, 0.5) is 0 Å². The summed E-state index contributed by atoms with van der Waals surface area (Å²) in [6, 6.07) is 54.2. The summed E-state index contributed by atoms with van der Waals surface area (Å²) in [7, 11) is 0. The number of allylic oxidation sites excluding steroid dienone is 24. The highest BCUT2D eigenvalue weighted by Crippen LogP contribution is 2.90. The molecule has 0 amide bonds. The molecule has 0 aromatic heterocycles. The molecule has 0 nitrogen and oxygen atoms in total. The highest BCUT2D eigenvalue weighted by Gasteiger charge is 2.80. The van der Waals surface area contributed by atoms with E-state index in [1.165, 1.54) is 111 Å². The number of rotatable bonds is 4. The molecule has 0 heteroatoms. The normalized spacial score (nSPS) is 28.2. The van der Waals surface area contributed by atoms with Gasteiger partial charge in [0.2, 0.25) is 0 Å². The van der Waals surface area contributed by atoms with E-state index in [1.807, 2.05) is 0 Å². The molecular weight excluding hydrogens is 781 g/mol. The van der Waals surface area contributed by atoms with Gasteiger partial charge in [-0.1, -0.05) is 219 Å². The van der Waals surface area contributed by atoms with Crippen LogP contribution in [0.3, 0.4) is 0 Å². The Bertz CT molecular complexity index is 3400. The summed E-state index contributed by atoms with van der Waals surface area (Å²) < 4.78 is 0. The second kappa shape index (κ2) is 12.2. The summed E-state index contributed by atoms with van der Waals surface area (Å²) in [6.07, 6.45) is 31.3. The zero-order chi connectivity index (χ0) is 42.2. The Balaban J connectivity index is 0.978. The van der Waals surface area contributed by atoms with E-state index < -0.39 is 0 Å². The van der Waals surface area contributed by atoms with Crippen LogP contribution in [0.2, 0.25) is 0 Å². The molecule has 2 atom stereocenters. The van der Waals surface area contributed by atoms with Crippen molar-refractivity contribution in [3.8, 4) is 22.3 Å². The van der Waals surface area contributed by atoms with E-state index in [-0.39, 0.29) is 34.5 Å². The summed E-state index contributed by atoms with van der Waals surface area (Å²) in [6.45, 7) is 0. The van der Waals surface area contributed by atoms with Crippen molar-refractivity contribution >= 4 is 33.1 Å². The van der Waals surface area contributed by atoms with Crippen LogP contribution in [0.25, 0.3) is 55.3 Å². The molecule has 0 bridgehead atoms. The maximum Gasteiger partial charge on any atom is 0.0365 e. The van der Waals surface area contributed by atoms with Crippen LogP contribution in [0.1, 0.15) is 28.7 Å². The standard InChI is InChI=1S/C65H42/c1-5-17-38(18-6-1)54-42-25-13-14-26-43(42)55(39-19-7-2-8-20-39)61-49-32-30-47-51-34-36-53-63-57(41-23-11-4-12-24-41)45-28-16-15-27-44(45)56(40-21-9-3-10-22-40)62(63)52-35-33-50(64(51)37-65(52,53)64)46-29-31-48(60(54)61)59(49)58(46)47/h1-36,42-43,58-59H,37H2. The van der Waals surface area contributed by atoms with Gasteiger partial charge in [-0.05, 0) is 129 Å². The topological polar surface area (TPSA) is 0 Å². The highest BCUT2D eigenvalue weighted by molar-refractivity contribution is 6.21. The molecule has 2 unspecified atom stereocenters. The lowest BCUT2D eigenvalue weighted by atomic mass is 9.54. The van der Waals surface area contributed by atoms with Crippen molar-refractivity contribution in [1.82, 2.24) is 0 Å². The quantitative estimate of drug-likeness (QED) is 0.166. The van der Waals surface area contributed by atoms with Gasteiger partial charge in [0.25, 0.3) is 0 Å². The van der Waals surface area contributed by atoms with Gasteiger partial charge in [0.05, 0.1) is 0 Å². The van der Waals surface area contributed by atoms with Crippen LogP contribution < -0.4 is 0 Å². The Morgan fingerprint density at radius 2 is 0.677 bits per heavy atom. The van der Waals surface area contributed by atoms with Crippen molar-refractivity contribution in [2.24, 2.45) is 34.5 Å². The molecule has 65 heavy (non-hydrogen) atoms. The minimum absolute atomic E-state index is 0.0992. The predicted octanol–water partition coefficient (Wildman–Crippen LogP) is 15.5. The van der Waals surface area contributed by atoms with E-state index in [9.17, 15) is 0 Å². The molecule has 0 saturated heterocycles.